The van der Waals surface area contributed by atoms with Gasteiger partial charge in [0, 0.05) is 43.9 Å². The van der Waals surface area contributed by atoms with E-state index in [4.69, 9.17) is 0 Å². The first-order valence-electron chi connectivity index (χ1n) is 18.6. The van der Waals surface area contributed by atoms with Crippen LogP contribution in [0, 0.1) is 0 Å². The minimum absolute atomic E-state index is 0.248. The number of rotatable bonds is 2. The molecule has 1 aliphatic rings. The molecule has 0 aliphatic heterocycles. The molecule has 2 heteroatoms. The zero-order valence-electron chi connectivity index (χ0n) is 29.6. The topological polar surface area (TPSA) is 9.86 Å². The second-order valence-electron chi connectivity index (χ2n) is 15.2. The van der Waals surface area contributed by atoms with Gasteiger partial charge in [0.2, 0.25) is 0 Å². The van der Waals surface area contributed by atoms with Gasteiger partial charge in [-0.3, -0.25) is 0 Å². The van der Waals surface area contributed by atoms with Crippen molar-refractivity contribution in [3.05, 3.63) is 181 Å². The van der Waals surface area contributed by atoms with Gasteiger partial charge in [-0.25, -0.2) is 0 Å². The fourth-order valence-electron chi connectivity index (χ4n) is 10.1. The highest BCUT2D eigenvalue weighted by atomic mass is 15.0. The third-order valence-corrected chi connectivity index (χ3v) is 12.2. The van der Waals surface area contributed by atoms with Crippen LogP contribution in [0.2, 0.25) is 0 Å². The van der Waals surface area contributed by atoms with Crippen LogP contribution in [0.4, 0.5) is 0 Å². The van der Waals surface area contributed by atoms with Crippen LogP contribution in [0.3, 0.4) is 0 Å². The van der Waals surface area contributed by atoms with Crippen molar-refractivity contribution in [1.82, 2.24) is 9.13 Å². The van der Waals surface area contributed by atoms with E-state index in [1.165, 1.54) is 110 Å². The second kappa shape index (κ2) is 10.2. The number of benzene rings is 9. The average Bonchev–Trinajstić information content (AvgIpc) is 3.81. The van der Waals surface area contributed by atoms with Gasteiger partial charge < -0.3 is 9.13 Å². The van der Waals surface area contributed by atoms with Crippen molar-refractivity contribution in [1.29, 1.82) is 0 Å². The van der Waals surface area contributed by atoms with Crippen molar-refractivity contribution in [3.8, 4) is 22.5 Å². The lowest BCUT2D eigenvalue weighted by molar-refractivity contribution is 0.664. The Kier molecular flexibility index (Phi) is 5.60. The van der Waals surface area contributed by atoms with E-state index < -0.39 is 0 Å². The van der Waals surface area contributed by atoms with Crippen molar-refractivity contribution in [2.75, 3.05) is 0 Å². The maximum atomic E-state index is 2.59. The smallest absolute Gasteiger partial charge is 0.0630 e. The summed E-state index contributed by atoms with van der Waals surface area (Å²) in [6.07, 6.45) is 0. The van der Waals surface area contributed by atoms with Gasteiger partial charge in [-0.05, 0) is 85.4 Å². The Morgan fingerprint density at radius 1 is 0.377 bits per heavy atom. The van der Waals surface area contributed by atoms with Crippen LogP contribution in [-0.4, -0.2) is 9.13 Å². The molecule has 0 radical (unpaired) electrons. The maximum absolute atomic E-state index is 2.59. The lowest BCUT2D eigenvalue weighted by atomic mass is 9.81. The van der Waals surface area contributed by atoms with Crippen molar-refractivity contribution < 1.29 is 0 Å². The molecule has 0 amide bonds. The highest BCUT2D eigenvalue weighted by molar-refractivity contribution is 6.33. The standard InChI is InChI=1S/C51H34N2/c1-51(2)42-25-13-10-22-38(42)47-48(51)50-46(45-39-23-11-14-26-43(39)52(49(45)47)31-16-4-3-5-17-31)40-24-12-15-27-44(40)53(50)32-28-29-37-35-20-7-6-18-33(35)34-19-8-9-21-36(34)41(37)30-32/h3-30H,1-2H3. The monoisotopic (exact) mass is 674 g/mol. The van der Waals surface area contributed by atoms with Gasteiger partial charge in [0.05, 0.1) is 22.1 Å². The average molecular weight is 675 g/mol. The van der Waals surface area contributed by atoms with E-state index in [0.717, 1.165) is 0 Å². The molecule has 0 fully saturated rings. The summed E-state index contributed by atoms with van der Waals surface area (Å²) in [7, 11) is 0. The van der Waals surface area contributed by atoms with Gasteiger partial charge in [0.15, 0.2) is 0 Å². The van der Waals surface area contributed by atoms with E-state index >= 15 is 0 Å². The molecule has 11 aromatic rings. The van der Waals surface area contributed by atoms with Crippen molar-refractivity contribution >= 4 is 75.9 Å². The van der Waals surface area contributed by atoms with E-state index in [-0.39, 0.29) is 5.41 Å². The highest BCUT2D eigenvalue weighted by Gasteiger charge is 2.41. The van der Waals surface area contributed by atoms with E-state index in [1.54, 1.807) is 0 Å². The zero-order chi connectivity index (χ0) is 35.0. The number of aromatic nitrogens is 2. The normalized spacial score (nSPS) is 13.6. The summed E-state index contributed by atoms with van der Waals surface area (Å²) in [6, 6.07) is 63.1. The molecule has 2 heterocycles. The van der Waals surface area contributed by atoms with Crippen LogP contribution in [0.5, 0.6) is 0 Å². The predicted octanol–water partition coefficient (Wildman–Crippen LogP) is 13.6. The fraction of sp³-hybridized carbons (Fsp3) is 0.0588. The molecule has 0 saturated heterocycles. The molecule has 0 bridgehead atoms. The number of nitrogens with zero attached hydrogens (tertiary/aromatic N) is 2. The van der Waals surface area contributed by atoms with E-state index in [0.29, 0.717) is 0 Å². The fourth-order valence-corrected chi connectivity index (χ4v) is 10.1. The SMILES string of the molecule is CC1(C)c2ccccc2-c2c1c1c(c3ccccc3n1-c1ccc3c4ccccc4c4ccccc4c3c1)c1c3ccccc3n(-c3ccccc3)c21. The molecule has 0 N–H and O–H groups in total. The molecule has 12 rings (SSSR count). The summed E-state index contributed by atoms with van der Waals surface area (Å²) in [5.41, 5.74) is 12.6. The van der Waals surface area contributed by atoms with Crippen LogP contribution in [0.1, 0.15) is 25.0 Å². The lowest BCUT2D eigenvalue weighted by Crippen LogP contribution is -2.16. The molecular formula is C51H34N2. The van der Waals surface area contributed by atoms with E-state index in [1.807, 2.05) is 0 Å². The van der Waals surface area contributed by atoms with Crippen LogP contribution in [0.25, 0.3) is 98.4 Å². The van der Waals surface area contributed by atoms with Crippen LogP contribution >= 0.6 is 0 Å². The first kappa shape index (κ1) is 29.0. The molecule has 9 aromatic carbocycles. The Morgan fingerprint density at radius 2 is 0.849 bits per heavy atom. The molecule has 0 atom stereocenters. The van der Waals surface area contributed by atoms with Crippen molar-refractivity contribution in [2.24, 2.45) is 0 Å². The predicted molar refractivity (Wildman–Crippen MR) is 225 cm³/mol. The summed E-state index contributed by atoms with van der Waals surface area (Å²) < 4.78 is 5.12. The minimum Gasteiger partial charge on any atom is -0.309 e. The van der Waals surface area contributed by atoms with Gasteiger partial charge in [0.25, 0.3) is 0 Å². The second-order valence-corrected chi connectivity index (χ2v) is 15.2. The number of para-hydroxylation sites is 3. The summed E-state index contributed by atoms with van der Waals surface area (Å²) in [4.78, 5) is 0. The third-order valence-electron chi connectivity index (χ3n) is 12.2. The molecule has 1 aliphatic carbocycles. The van der Waals surface area contributed by atoms with Gasteiger partial charge in [-0.2, -0.15) is 0 Å². The molecule has 2 nitrogen and oxygen atoms in total. The summed E-state index contributed by atoms with van der Waals surface area (Å²) in [5, 5.41) is 12.9. The summed E-state index contributed by atoms with van der Waals surface area (Å²) >= 11 is 0. The van der Waals surface area contributed by atoms with Gasteiger partial charge in [0.1, 0.15) is 0 Å². The lowest BCUT2D eigenvalue weighted by Gasteiger charge is -2.24. The Morgan fingerprint density at radius 3 is 1.49 bits per heavy atom. The van der Waals surface area contributed by atoms with Gasteiger partial charge in [-0.15, -0.1) is 0 Å². The number of fused-ring (bicyclic) bond motifs is 18. The van der Waals surface area contributed by atoms with Crippen molar-refractivity contribution in [3.63, 3.8) is 0 Å². The molecule has 0 saturated carbocycles. The quantitative estimate of drug-likeness (QED) is 0.162. The Labute approximate surface area is 306 Å². The first-order chi connectivity index (χ1) is 26.1. The summed E-state index contributed by atoms with van der Waals surface area (Å²) in [6.45, 7) is 4.86. The van der Waals surface area contributed by atoms with Gasteiger partial charge >= 0.3 is 0 Å². The maximum Gasteiger partial charge on any atom is 0.0630 e. The minimum atomic E-state index is -0.248. The largest absolute Gasteiger partial charge is 0.309 e. The molecule has 0 spiro atoms. The van der Waals surface area contributed by atoms with E-state index in [9.17, 15) is 0 Å². The molecule has 2 aromatic heterocycles. The molecular weight excluding hydrogens is 641 g/mol. The first-order valence-corrected chi connectivity index (χ1v) is 18.6. The highest BCUT2D eigenvalue weighted by Crippen LogP contribution is 2.58. The van der Waals surface area contributed by atoms with Crippen molar-refractivity contribution in [2.45, 2.75) is 19.3 Å². The van der Waals surface area contributed by atoms with Crippen LogP contribution in [-0.2, 0) is 5.41 Å². The Hall–Kier alpha value is -6.64. The van der Waals surface area contributed by atoms with Gasteiger partial charge in [-0.1, -0.05) is 147 Å². The number of hydrogen-bond acceptors (Lipinski definition) is 0. The molecule has 248 valence electrons. The summed E-state index contributed by atoms with van der Waals surface area (Å²) in [5.74, 6) is 0. The molecule has 53 heavy (non-hydrogen) atoms. The zero-order valence-corrected chi connectivity index (χ0v) is 29.6. The Balaban J connectivity index is 1.34. The third kappa shape index (κ3) is 3.63. The Bertz CT molecular complexity index is 3320. The van der Waals surface area contributed by atoms with E-state index in [2.05, 4.69) is 193 Å². The van der Waals surface area contributed by atoms with Crippen LogP contribution in [0.15, 0.2) is 170 Å². The number of hydrogen-bond donors (Lipinski definition) is 0. The van der Waals surface area contributed by atoms with Crippen LogP contribution < -0.4 is 0 Å². The molecule has 0 unspecified atom stereocenters.